The molecule has 76 heavy (non-hydrogen) atoms. The van der Waals surface area contributed by atoms with Gasteiger partial charge in [-0.05, 0) is 25.0 Å². The van der Waals surface area contributed by atoms with E-state index >= 15 is 0 Å². The van der Waals surface area contributed by atoms with Crippen LogP contribution >= 0.6 is 7.82 Å². The standard InChI is InChI=1S/C54H94N5O16P/c1-3-5-7-9-11-13-15-17-19-21-23-25-27-29-49(61)72-41-45(75-50(62)30-28-26-24-22-20-18-16-14-12-10-8-6-4-2)42-74-76(69,70)73-38-36-57-48(60)43-71-47-32-31-44-39-56-34-33-55-35-37-59(40-46(47)58-44)54(51(63)64,52(65)66)53(67)68/h31-32,45,55-56H,3-30,33-43H2,1-2H3,(H,57,60)(H,63,64)(H,65,66)(H,67,68)(H,69,70). The number of pyridine rings is 1. The molecular formula is C54H94N5O16P. The molecule has 2 rings (SSSR count). The van der Waals surface area contributed by atoms with Gasteiger partial charge in [0, 0.05) is 58.7 Å². The molecule has 0 saturated carbocycles. The Balaban J connectivity index is 1.90. The largest absolute Gasteiger partial charge is 0.482 e. The number of amides is 1. The number of phosphoric acid groups is 1. The molecule has 2 atom stereocenters. The van der Waals surface area contributed by atoms with Crippen LogP contribution < -0.4 is 20.7 Å². The monoisotopic (exact) mass is 1100 g/mol. The second-order valence-corrected chi connectivity index (χ2v) is 21.2. The van der Waals surface area contributed by atoms with Gasteiger partial charge in [0.05, 0.1) is 24.6 Å². The van der Waals surface area contributed by atoms with Gasteiger partial charge in [0.1, 0.15) is 12.4 Å². The number of hydrogen-bond acceptors (Lipinski definition) is 16. The highest BCUT2D eigenvalue weighted by atomic mass is 31.2. The lowest BCUT2D eigenvalue weighted by Crippen LogP contribution is -2.66. The van der Waals surface area contributed by atoms with Crippen LogP contribution in [0, 0.1) is 0 Å². The molecule has 1 aromatic rings. The SMILES string of the molecule is CCCCCCCCCCCCCCCC(=O)OCC(COP(=O)(O)OCCNC(=O)COc1ccc2nc1CN(C(C(=O)O)(C(=O)O)C(=O)O)CCNCCNC2)OC(=O)CCCCCCCCCCCCCCC. The molecule has 1 aliphatic rings. The van der Waals surface area contributed by atoms with Gasteiger partial charge in [0.15, 0.2) is 12.7 Å². The zero-order chi connectivity index (χ0) is 55.7. The van der Waals surface area contributed by atoms with Crippen LogP contribution in [0.4, 0.5) is 0 Å². The van der Waals surface area contributed by atoms with E-state index in [9.17, 15) is 53.5 Å². The van der Waals surface area contributed by atoms with Crippen molar-refractivity contribution in [1.82, 2.24) is 25.8 Å². The summed E-state index contributed by atoms with van der Waals surface area (Å²) < 4.78 is 39.8. The highest BCUT2D eigenvalue weighted by Crippen LogP contribution is 2.43. The molecule has 22 heteroatoms. The van der Waals surface area contributed by atoms with E-state index in [-0.39, 0.29) is 57.1 Å². The minimum atomic E-state index is -4.79. The number of carboxylic acid groups (broad SMARTS) is 3. The number of fused-ring (bicyclic) bond motifs is 2. The second kappa shape index (κ2) is 41.8. The zero-order valence-corrected chi connectivity index (χ0v) is 46.7. The first-order valence-corrected chi connectivity index (χ1v) is 29.9. The van der Waals surface area contributed by atoms with Gasteiger partial charge in [0.25, 0.3) is 5.91 Å². The van der Waals surface area contributed by atoms with Crippen molar-refractivity contribution in [3.05, 3.63) is 23.5 Å². The number of esters is 2. The lowest BCUT2D eigenvalue weighted by Gasteiger charge is -2.34. The lowest BCUT2D eigenvalue weighted by atomic mass is 9.96. The van der Waals surface area contributed by atoms with Crippen LogP contribution in [0.1, 0.15) is 205 Å². The van der Waals surface area contributed by atoms with Crippen molar-refractivity contribution < 1.29 is 76.8 Å². The molecule has 2 bridgehead atoms. The Morgan fingerprint density at radius 3 is 1.66 bits per heavy atom. The van der Waals surface area contributed by atoms with E-state index in [1.807, 2.05) is 0 Å². The summed E-state index contributed by atoms with van der Waals surface area (Å²) >= 11 is 0. The van der Waals surface area contributed by atoms with Crippen LogP contribution in [0.25, 0.3) is 0 Å². The number of hydrogen-bond donors (Lipinski definition) is 7. The quantitative estimate of drug-likeness (QED) is 0.0139. The predicted octanol–water partition coefficient (Wildman–Crippen LogP) is 8.62. The van der Waals surface area contributed by atoms with Crippen molar-refractivity contribution in [3.63, 3.8) is 0 Å². The molecule has 0 spiro atoms. The maximum atomic E-state index is 12.9. The Hall–Kier alpha value is -4.24. The normalized spacial score (nSPS) is 14.6. The maximum Gasteiger partial charge on any atom is 0.472 e. The third-order valence-corrected chi connectivity index (χ3v) is 14.2. The van der Waals surface area contributed by atoms with Gasteiger partial charge in [-0.1, -0.05) is 168 Å². The van der Waals surface area contributed by atoms with Gasteiger partial charge in [-0.2, -0.15) is 0 Å². The van der Waals surface area contributed by atoms with Crippen LogP contribution in [-0.4, -0.2) is 137 Å². The summed E-state index contributed by atoms with van der Waals surface area (Å²) in [4.78, 5) is 91.1. The van der Waals surface area contributed by atoms with Gasteiger partial charge in [-0.3, -0.25) is 33.3 Å². The molecule has 0 saturated heterocycles. The molecule has 0 radical (unpaired) electrons. The summed E-state index contributed by atoms with van der Waals surface area (Å²) in [6.07, 6.45) is 29.2. The van der Waals surface area contributed by atoms with Crippen molar-refractivity contribution in [2.45, 2.75) is 218 Å². The van der Waals surface area contributed by atoms with Crippen LogP contribution in [0.15, 0.2) is 12.1 Å². The molecule has 2 heterocycles. The molecule has 1 amide bonds. The Morgan fingerprint density at radius 1 is 0.658 bits per heavy atom. The first-order valence-electron chi connectivity index (χ1n) is 28.4. The van der Waals surface area contributed by atoms with Gasteiger partial charge in [-0.25, -0.2) is 18.9 Å². The molecule has 7 N–H and O–H groups in total. The molecule has 2 unspecified atom stereocenters. The van der Waals surface area contributed by atoms with E-state index in [0.29, 0.717) is 31.6 Å². The number of carbonyl (C=O) groups is 6. The number of nitrogens with one attached hydrogen (secondary N) is 3. The molecule has 21 nitrogen and oxygen atoms in total. The fraction of sp³-hybridized carbons (Fsp3) is 0.796. The van der Waals surface area contributed by atoms with Crippen LogP contribution in [-0.2, 0) is 64.9 Å². The van der Waals surface area contributed by atoms with Gasteiger partial charge >= 0.3 is 43.2 Å². The number of ether oxygens (including phenoxy) is 3. The van der Waals surface area contributed by atoms with E-state index in [1.54, 1.807) is 6.07 Å². The number of nitrogens with zero attached hydrogens (tertiary/aromatic N) is 2. The Kier molecular flexibility index (Phi) is 37.3. The summed E-state index contributed by atoms with van der Waals surface area (Å²) in [7, 11) is -4.79. The number of rotatable bonds is 45. The van der Waals surface area contributed by atoms with E-state index in [0.717, 1.165) is 49.8 Å². The molecule has 0 aliphatic carbocycles. The number of carboxylic acids is 3. The van der Waals surface area contributed by atoms with Crippen LogP contribution in [0.2, 0.25) is 0 Å². The van der Waals surface area contributed by atoms with E-state index in [4.69, 9.17) is 23.3 Å². The minimum absolute atomic E-state index is 0.0318. The first-order chi connectivity index (χ1) is 36.7. The van der Waals surface area contributed by atoms with E-state index < -0.39 is 81.6 Å². The topological polar surface area (TPSA) is 299 Å². The number of aliphatic carboxylic acids is 3. The maximum absolute atomic E-state index is 12.9. The highest BCUT2D eigenvalue weighted by molar-refractivity contribution is 7.47. The predicted molar refractivity (Wildman–Crippen MR) is 287 cm³/mol. The summed E-state index contributed by atoms with van der Waals surface area (Å²) in [5.41, 5.74) is -2.96. The third-order valence-electron chi connectivity index (χ3n) is 13.2. The van der Waals surface area contributed by atoms with Crippen molar-refractivity contribution in [2.24, 2.45) is 0 Å². The average Bonchev–Trinajstić information content (AvgIpc) is 3.37. The Morgan fingerprint density at radius 2 is 1.14 bits per heavy atom. The Bertz CT molecular complexity index is 1820. The Labute approximate surface area is 451 Å². The fourth-order valence-electron chi connectivity index (χ4n) is 8.79. The summed E-state index contributed by atoms with van der Waals surface area (Å²) in [5.74, 6) is -8.17. The smallest absolute Gasteiger partial charge is 0.472 e. The number of unbranched alkanes of at least 4 members (excludes halogenated alkanes) is 24. The first kappa shape index (κ1) is 67.9. The lowest BCUT2D eigenvalue weighted by molar-refractivity contribution is -0.179. The molecule has 1 aromatic heterocycles. The van der Waals surface area contributed by atoms with E-state index in [2.05, 4.69) is 34.8 Å². The van der Waals surface area contributed by atoms with E-state index in [1.165, 1.54) is 115 Å². The summed E-state index contributed by atoms with van der Waals surface area (Å²) in [6.45, 7) is 2.25. The van der Waals surface area contributed by atoms with Crippen molar-refractivity contribution >= 4 is 43.6 Å². The number of phosphoric ester groups is 1. The fourth-order valence-corrected chi connectivity index (χ4v) is 9.54. The van der Waals surface area contributed by atoms with Crippen LogP contribution in [0.3, 0.4) is 0 Å². The van der Waals surface area contributed by atoms with Crippen molar-refractivity contribution in [3.8, 4) is 5.75 Å². The molecule has 1 aliphatic heterocycles. The average molecular weight is 1100 g/mol. The number of aromatic nitrogens is 1. The third kappa shape index (κ3) is 30.1. The minimum Gasteiger partial charge on any atom is -0.482 e. The molecule has 0 fully saturated rings. The zero-order valence-electron chi connectivity index (χ0n) is 45.8. The molecule has 436 valence electrons. The molecule has 0 aromatic carbocycles. The van der Waals surface area contributed by atoms with Gasteiger partial charge in [-0.15, -0.1) is 0 Å². The summed E-state index contributed by atoms with van der Waals surface area (Å²) in [5, 5.41) is 38.5. The highest BCUT2D eigenvalue weighted by Gasteiger charge is 2.59. The number of carbonyl (C=O) groups excluding carboxylic acids is 3. The van der Waals surface area contributed by atoms with Crippen molar-refractivity contribution in [2.75, 3.05) is 59.2 Å². The van der Waals surface area contributed by atoms with Crippen molar-refractivity contribution in [1.29, 1.82) is 0 Å². The summed E-state index contributed by atoms with van der Waals surface area (Å²) in [6, 6.07) is 3.00. The van der Waals surface area contributed by atoms with Gasteiger partial charge < -0.3 is 50.4 Å². The second-order valence-electron chi connectivity index (χ2n) is 19.7. The van der Waals surface area contributed by atoms with Gasteiger partial charge in [0.2, 0.25) is 0 Å². The molecular weight excluding hydrogens is 1010 g/mol. The van der Waals surface area contributed by atoms with Crippen LogP contribution in [0.5, 0.6) is 5.75 Å².